The van der Waals surface area contributed by atoms with Crippen LogP contribution in [0, 0.1) is 0 Å². The van der Waals surface area contributed by atoms with Crippen LogP contribution in [0.25, 0.3) is 0 Å². The molecule has 1 aromatic heterocycles. The second kappa shape index (κ2) is 6.05. The summed E-state index contributed by atoms with van der Waals surface area (Å²) in [7, 11) is 0. The molecule has 1 aromatic rings. The Kier molecular flexibility index (Phi) is 4.93. The van der Waals surface area contributed by atoms with Gasteiger partial charge in [-0.3, -0.25) is 0 Å². The Morgan fingerprint density at radius 3 is 3.00 bits per heavy atom. The van der Waals surface area contributed by atoms with E-state index in [9.17, 15) is 4.79 Å². The third-order valence-electron chi connectivity index (χ3n) is 1.49. The van der Waals surface area contributed by atoms with Gasteiger partial charge in [-0.1, -0.05) is 6.07 Å². The van der Waals surface area contributed by atoms with Crippen LogP contribution < -0.4 is 0 Å². The SMILES string of the molecule is CSC(C=O)CSc1ccccn1. The molecule has 0 radical (unpaired) electrons. The topological polar surface area (TPSA) is 30.0 Å². The van der Waals surface area contributed by atoms with Gasteiger partial charge in [-0.15, -0.1) is 11.8 Å². The lowest BCUT2D eigenvalue weighted by Crippen LogP contribution is -2.06. The molecule has 1 unspecified atom stereocenters. The summed E-state index contributed by atoms with van der Waals surface area (Å²) >= 11 is 3.19. The molecule has 0 fully saturated rings. The molecule has 0 N–H and O–H groups in total. The minimum Gasteiger partial charge on any atom is -0.302 e. The number of aromatic nitrogens is 1. The molecule has 0 spiro atoms. The van der Waals surface area contributed by atoms with Crippen LogP contribution >= 0.6 is 23.5 Å². The number of pyridine rings is 1. The number of carbonyl (C=O) groups is 1. The van der Waals surface area contributed by atoms with Gasteiger partial charge < -0.3 is 4.79 Å². The first-order valence-corrected chi connectivity index (χ1v) is 6.16. The third kappa shape index (κ3) is 3.83. The van der Waals surface area contributed by atoms with Gasteiger partial charge in [0.05, 0.1) is 10.3 Å². The number of rotatable bonds is 5. The van der Waals surface area contributed by atoms with Crippen LogP contribution in [0.5, 0.6) is 0 Å². The highest BCUT2D eigenvalue weighted by atomic mass is 32.2. The van der Waals surface area contributed by atoms with Crippen LogP contribution in [0.15, 0.2) is 29.4 Å². The zero-order valence-electron chi connectivity index (χ0n) is 7.34. The van der Waals surface area contributed by atoms with Gasteiger partial charge >= 0.3 is 0 Å². The van der Waals surface area contributed by atoms with Crippen molar-refractivity contribution in [2.75, 3.05) is 12.0 Å². The van der Waals surface area contributed by atoms with E-state index in [0.717, 1.165) is 17.1 Å². The van der Waals surface area contributed by atoms with Crippen molar-refractivity contribution < 1.29 is 4.79 Å². The zero-order chi connectivity index (χ0) is 9.52. The molecular weight excluding hydrogens is 202 g/mol. The van der Waals surface area contributed by atoms with Crippen LogP contribution in [0.3, 0.4) is 0 Å². The predicted molar refractivity (Wildman–Crippen MR) is 58.3 cm³/mol. The smallest absolute Gasteiger partial charge is 0.133 e. The van der Waals surface area contributed by atoms with E-state index in [1.54, 1.807) is 29.7 Å². The highest BCUT2D eigenvalue weighted by Crippen LogP contribution is 2.18. The van der Waals surface area contributed by atoms with Crippen molar-refractivity contribution in [3.8, 4) is 0 Å². The van der Waals surface area contributed by atoms with Crippen molar-refractivity contribution >= 4 is 29.8 Å². The maximum Gasteiger partial charge on any atom is 0.133 e. The van der Waals surface area contributed by atoms with Crippen molar-refractivity contribution in [3.05, 3.63) is 24.4 Å². The molecule has 0 aliphatic heterocycles. The predicted octanol–water partition coefficient (Wildman–Crippen LogP) is 2.10. The van der Waals surface area contributed by atoms with Gasteiger partial charge in [-0.2, -0.15) is 11.8 Å². The second-order valence-electron chi connectivity index (χ2n) is 2.39. The van der Waals surface area contributed by atoms with Crippen molar-refractivity contribution in [2.45, 2.75) is 10.3 Å². The first-order valence-electron chi connectivity index (χ1n) is 3.88. The Balaban J connectivity index is 2.38. The normalized spacial score (nSPS) is 12.4. The zero-order valence-corrected chi connectivity index (χ0v) is 8.98. The van der Waals surface area contributed by atoms with Crippen LogP contribution in [0.1, 0.15) is 0 Å². The van der Waals surface area contributed by atoms with Crippen LogP contribution in [0.2, 0.25) is 0 Å². The summed E-state index contributed by atoms with van der Waals surface area (Å²) in [6.45, 7) is 0. The summed E-state index contributed by atoms with van der Waals surface area (Å²) in [4.78, 5) is 14.7. The molecule has 0 aliphatic carbocycles. The van der Waals surface area contributed by atoms with Gasteiger partial charge in [-0.25, -0.2) is 4.98 Å². The highest BCUT2D eigenvalue weighted by Gasteiger charge is 2.05. The fourth-order valence-electron chi connectivity index (χ4n) is 0.763. The van der Waals surface area contributed by atoms with E-state index >= 15 is 0 Å². The molecule has 0 aromatic carbocycles. The summed E-state index contributed by atoms with van der Waals surface area (Å²) < 4.78 is 0. The molecule has 70 valence electrons. The Morgan fingerprint density at radius 2 is 2.46 bits per heavy atom. The van der Waals surface area contributed by atoms with Crippen molar-refractivity contribution in [3.63, 3.8) is 0 Å². The molecule has 2 nitrogen and oxygen atoms in total. The lowest BCUT2D eigenvalue weighted by Gasteiger charge is -2.04. The van der Waals surface area contributed by atoms with E-state index in [-0.39, 0.29) is 5.25 Å². The molecule has 0 amide bonds. The number of aldehydes is 1. The summed E-state index contributed by atoms with van der Waals surface area (Å²) in [5.41, 5.74) is 0. The van der Waals surface area contributed by atoms with Gasteiger partial charge in [0.15, 0.2) is 0 Å². The molecule has 0 aliphatic rings. The Bertz CT molecular complexity index is 253. The standard InChI is InChI=1S/C9H11NOS2/c1-12-8(6-11)7-13-9-4-2-3-5-10-9/h2-6,8H,7H2,1H3. The lowest BCUT2D eigenvalue weighted by molar-refractivity contribution is -0.107. The van der Waals surface area contributed by atoms with E-state index in [2.05, 4.69) is 4.98 Å². The number of thioether (sulfide) groups is 2. The van der Waals surface area contributed by atoms with Crippen molar-refractivity contribution in [1.82, 2.24) is 4.98 Å². The number of hydrogen-bond acceptors (Lipinski definition) is 4. The van der Waals surface area contributed by atoms with E-state index in [0.29, 0.717) is 0 Å². The summed E-state index contributed by atoms with van der Waals surface area (Å²) in [5.74, 6) is 0.793. The van der Waals surface area contributed by atoms with E-state index in [1.807, 2.05) is 24.5 Å². The Hall–Kier alpha value is -0.480. The van der Waals surface area contributed by atoms with Gasteiger partial charge in [0.1, 0.15) is 6.29 Å². The van der Waals surface area contributed by atoms with Crippen molar-refractivity contribution in [2.24, 2.45) is 0 Å². The number of nitrogens with zero attached hydrogens (tertiary/aromatic N) is 1. The maximum absolute atomic E-state index is 10.5. The summed E-state index contributed by atoms with van der Waals surface area (Å²) in [5, 5.41) is 1.05. The maximum atomic E-state index is 10.5. The molecule has 4 heteroatoms. The first kappa shape index (κ1) is 10.6. The molecule has 0 saturated carbocycles. The molecule has 0 bridgehead atoms. The van der Waals surface area contributed by atoms with Crippen molar-refractivity contribution in [1.29, 1.82) is 0 Å². The largest absolute Gasteiger partial charge is 0.302 e. The van der Waals surface area contributed by atoms with E-state index in [4.69, 9.17) is 0 Å². The molecular formula is C9H11NOS2. The summed E-state index contributed by atoms with van der Waals surface area (Å²) in [6.07, 6.45) is 4.69. The van der Waals surface area contributed by atoms with Gasteiger partial charge in [0.2, 0.25) is 0 Å². The van der Waals surface area contributed by atoms with Gasteiger partial charge in [0.25, 0.3) is 0 Å². The molecule has 1 heterocycles. The average molecular weight is 213 g/mol. The average Bonchev–Trinajstić information content (AvgIpc) is 2.21. The fourth-order valence-corrected chi connectivity index (χ4v) is 2.35. The number of carbonyl (C=O) groups excluding carboxylic acids is 1. The fraction of sp³-hybridized carbons (Fsp3) is 0.333. The highest BCUT2D eigenvalue weighted by molar-refractivity contribution is 8.03. The van der Waals surface area contributed by atoms with Crippen LogP contribution in [0.4, 0.5) is 0 Å². The third-order valence-corrected chi connectivity index (χ3v) is 3.65. The minimum absolute atomic E-state index is 0.0759. The first-order chi connectivity index (χ1) is 6.36. The molecule has 0 saturated heterocycles. The Morgan fingerprint density at radius 1 is 1.62 bits per heavy atom. The molecule has 1 rings (SSSR count). The van der Waals surface area contributed by atoms with E-state index in [1.165, 1.54) is 0 Å². The van der Waals surface area contributed by atoms with Gasteiger partial charge in [-0.05, 0) is 18.4 Å². The lowest BCUT2D eigenvalue weighted by atomic mass is 10.5. The van der Waals surface area contributed by atoms with Gasteiger partial charge in [0, 0.05) is 11.9 Å². The minimum atomic E-state index is 0.0759. The Labute approximate surface area is 86.5 Å². The quantitative estimate of drug-likeness (QED) is 0.553. The van der Waals surface area contributed by atoms with Crippen LogP contribution in [-0.4, -0.2) is 28.5 Å². The van der Waals surface area contributed by atoms with E-state index < -0.39 is 0 Å². The monoisotopic (exact) mass is 213 g/mol. The van der Waals surface area contributed by atoms with Crippen LogP contribution in [-0.2, 0) is 4.79 Å². The molecule has 13 heavy (non-hydrogen) atoms. The molecule has 1 atom stereocenters. The summed E-state index contributed by atoms with van der Waals surface area (Å²) in [6, 6.07) is 5.78. The number of hydrogen-bond donors (Lipinski definition) is 0. The second-order valence-corrected chi connectivity index (χ2v) is 4.51.